The van der Waals surface area contributed by atoms with Gasteiger partial charge in [0.15, 0.2) is 0 Å². The van der Waals surface area contributed by atoms with Gasteiger partial charge in [0.05, 0.1) is 12.7 Å². The maximum absolute atomic E-state index is 12.8. The van der Waals surface area contributed by atoms with E-state index in [2.05, 4.69) is 0 Å². The fraction of sp³-hybridized carbons (Fsp3) is 0.455. The molecule has 0 bridgehead atoms. The highest BCUT2D eigenvalue weighted by molar-refractivity contribution is 5.39. The lowest BCUT2D eigenvalue weighted by atomic mass is 9.98. The van der Waals surface area contributed by atoms with Crippen molar-refractivity contribution in [2.75, 3.05) is 13.7 Å². The summed E-state index contributed by atoms with van der Waals surface area (Å²) in [6, 6.07) is 3.02. The highest BCUT2D eigenvalue weighted by Crippen LogP contribution is 2.36. The third-order valence-electron chi connectivity index (χ3n) is 2.44. The van der Waals surface area contributed by atoms with Gasteiger partial charge in [-0.2, -0.15) is 13.2 Å². The van der Waals surface area contributed by atoms with Crippen molar-refractivity contribution in [2.24, 2.45) is 11.5 Å². The number of hydrogen-bond acceptors (Lipinski definition) is 3. The second-order valence-electron chi connectivity index (χ2n) is 3.63. The summed E-state index contributed by atoms with van der Waals surface area (Å²) in [5.41, 5.74) is 10.2. The van der Waals surface area contributed by atoms with Crippen molar-refractivity contribution in [3.63, 3.8) is 0 Å². The number of rotatable bonds is 4. The monoisotopic (exact) mass is 248 g/mol. The number of halogens is 3. The topological polar surface area (TPSA) is 61.3 Å². The summed E-state index contributed by atoms with van der Waals surface area (Å²) in [7, 11) is 1.31. The fourth-order valence-electron chi connectivity index (χ4n) is 1.57. The van der Waals surface area contributed by atoms with Gasteiger partial charge in [-0.15, -0.1) is 0 Å². The lowest BCUT2D eigenvalue weighted by Gasteiger charge is -2.18. The van der Waals surface area contributed by atoms with Gasteiger partial charge in [-0.3, -0.25) is 0 Å². The summed E-state index contributed by atoms with van der Waals surface area (Å²) in [6.07, 6.45) is -4.15. The highest BCUT2D eigenvalue weighted by atomic mass is 19.4. The van der Waals surface area contributed by atoms with Crippen LogP contribution in [0.15, 0.2) is 18.2 Å². The van der Waals surface area contributed by atoms with Crippen LogP contribution in [0.1, 0.15) is 23.6 Å². The molecule has 3 nitrogen and oxygen atoms in total. The Hall–Kier alpha value is -1.27. The zero-order valence-electron chi connectivity index (χ0n) is 9.42. The zero-order chi connectivity index (χ0) is 13.1. The first-order chi connectivity index (χ1) is 7.90. The van der Waals surface area contributed by atoms with Crippen molar-refractivity contribution in [1.29, 1.82) is 0 Å². The van der Waals surface area contributed by atoms with E-state index < -0.39 is 17.8 Å². The molecule has 0 heterocycles. The number of hydrogen-bond donors (Lipinski definition) is 2. The van der Waals surface area contributed by atoms with Crippen molar-refractivity contribution in [2.45, 2.75) is 18.6 Å². The molecular formula is C11H15F3N2O. The van der Waals surface area contributed by atoms with Gasteiger partial charge in [0.1, 0.15) is 5.75 Å². The van der Waals surface area contributed by atoms with Crippen LogP contribution in [0.25, 0.3) is 0 Å². The SMILES string of the molecule is COc1ccc([C@H](N)CCN)c(C(F)(F)F)c1. The minimum absolute atomic E-state index is 0.0451. The van der Waals surface area contributed by atoms with Gasteiger partial charge in [-0.1, -0.05) is 6.07 Å². The van der Waals surface area contributed by atoms with E-state index in [0.717, 1.165) is 6.07 Å². The van der Waals surface area contributed by atoms with Crippen LogP contribution in [-0.4, -0.2) is 13.7 Å². The molecule has 0 unspecified atom stereocenters. The molecule has 17 heavy (non-hydrogen) atoms. The second-order valence-corrected chi connectivity index (χ2v) is 3.63. The largest absolute Gasteiger partial charge is 0.497 e. The minimum Gasteiger partial charge on any atom is -0.497 e. The lowest BCUT2D eigenvalue weighted by Crippen LogP contribution is -2.20. The Morgan fingerprint density at radius 2 is 2.00 bits per heavy atom. The molecule has 96 valence electrons. The molecule has 1 aromatic carbocycles. The van der Waals surface area contributed by atoms with Crippen molar-refractivity contribution in [3.8, 4) is 5.75 Å². The second kappa shape index (κ2) is 5.37. The summed E-state index contributed by atoms with van der Waals surface area (Å²) < 4.78 is 43.2. The average molecular weight is 248 g/mol. The first kappa shape index (κ1) is 13.8. The number of methoxy groups -OCH3 is 1. The predicted octanol–water partition coefficient (Wildman–Crippen LogP) is 2.06. The molecule has 1 rings (SSSR count). The summed E-state index contributed by atoms with van der Waals surface area (Å²) >= 11 is 0. The molecule has 0 saturated carbocycles. The molecule has 4 N–H and O–H groups in total. The van der Waals surface area contributed by atoms with Crippen molar-refractivity contribution >= 4 is 0 Å². The molecule has 0 radical (unpaired) electrons. The summed E-state index contributed by atoms with van der Waals surface area (Å²) in [4.78, 5) is 0. The molecule has 0 amide bonds. The van der Waals surface area contributed by atoms with Crippen LogP contribution in [0.3, 0.4) is 0 Å². The van der Waals surface area contributed by atoms with Gasteiger partial charge < -0.3 is 16.2 Å². The Morgan fingerprint density at radius 1 is 1.35 bits per heavy atom. The zero-order valence-corrected chi connectivity index (χ0v) is 9.42. The standard InChI is InChI=1S/C11H15F3N2O/c1-17-7-2-3-8(10(16)4-5-15)9(6-7)11(12,13)14/h2-3,6,10H,4-5,15-16H2,1H3/t10-/m1/s1. The van der Waals surface area contributed by atoms with Crippen LogP contribution >= 0.6 is 0 Å². The molecule has 0 spiro atoms. The normalized spacial score (nSPS) is 13.5. The van der Waals surface area contributed by atoms with E-state index in [9.17, 15) is 13.2 Å². The van der Waals surface area contributed by atoms with Crippen LogP contribution in [0.2, 0.25) is 0 Å². The van der Waals surface area contributed by atoms with E-state index in [4.69, 9.17) is 16.2 Å². The summed E-state index contributed by atoms with van der Waals surface area (Å²) in [6.45, 7) is 0.241. The van der Waals surface area contributed by atoms with E-state index in [1.165, 1.54) is 19.2 Å². The van der Waals surface area contributed by atoms with E-state index in [0.29, 0.717) is 6.42 Å². The quantitative estimate of drug-likeness (QED) is 0.857. The van der Waals surface area contributed by atoms with Crippen LogP contribution in [0, 0.1) is 0 Å². The van der Waals surface area contributed by atoms with Gasteiger partial charge in [0, 0.05) is 6.04 Å². The van der Waals surface area contributed by atoms with E-state index in [1.54, 1.807) is 0 Å². The number of alkyl halides is 3. The van der Waals surface area contributed by atoms with Crippen LogP contribution in [-0.2, 0) is 6.18 Å². The smallest absolute Gasteiger partial charge is 0.416 e. The Balaban J connectivity index is 3.20. The molecule has 0 saturated heterocycles. The molecule has 0 aliphatic carbocycles. The Morgan fingerprint density at radius 3 is 2.47 bits per heavy atom. The molecular weight excluding hydrogens is 233 g/mol. The number of benzene rings is 1. The van der Waals surface area contributed by atoms with Gasteiger partial charge in [-0.25, -0.2) is 0 Å². The maximum Gasteiger partial charge on any atom is 0.416 e. The fourth-order valence-corrected chi connectivity index (χ4v) is 1.57. The molecule has 1 aromatic rings. The van der Waals surface area contributed by atoms with Gasteiger partial charge in [-0.05, 0) is 30.7 Å². The minimum atomic E-state index is -4.45. The van der Waals surface area contributed by atoms with Crippen LogP contribution < -0.4 is 16.2 Å². The third kappa shape index (κ3) is 3.34. The van der Waals surface area contributed by atoms with Crippen LogP contribution in [0.4, 0.5) is 13.2 Å². The van der Waals surface area contributed by atoms with Crippen LogP contribution in [0.5, 0.6) is 5.75 Å². The average Bonchev–Trinajstić information content (AvgIpc) is 2.27. The highest BCUT2D eigenvalue weighted by Gasteiger charge is 2.35. The summed E-state index contributed by atoms with van der Waals surface area (Å²) in [5, 5.41) is 0. The van der Waals surface area contributed by atoms with Crippen molar-refractivity contribution in [1.82, 2.24) is 0 Å². The number of nitrogens with two attached hydrogens (primary N) is 2. The molecule has 0 aliphatic heterocycles. The molecule has 1 atom stereocenters. The molecule has 0 fully saturated rings. The first-order valence-electron chi connectivity index (χ1n) is 5.11. The lowest BCUT2D eigenvalue weighted by molar-refractivity contribution is -0.138. The van der Waals surface area contributed by atoms with Gasteiger partial charge >= 0.3 is 6.18 Å². The Bertz CT molecular complexity index is 379. The third-order valence-corrected chi connectivity index (χ3v) is 2.44. The Kier molecular flexibility index (Phi) is 4.36. The molecule has 6 heteroatoms. The van der Waals surface area contributed by atoms with Crippen molar-refractivity contribution < 1.29 is 17.9 Å². The first-order valence-corrected chi connectivity index (χ1v) is 5.11. The van der Waals surface area contributed by atoms with Crippen molar-refractivity contribution in [3.05, 3.63) is 29.3 Å². The van der Waals surface area contributed by atoms with E-state index in [1.807, 2.05) is 0 Å². The Labute approximate surface area is 97.5 Å². The van der Waals surface area contributed by atoms with E-state index >= 15 is 0 Å². The van der Waals surface area contributed by atoms with E-state index in [-0.39, 0.29) is 17.9 Å². The van der Waals surface area contributed by atoms with Gasteiger partial charge in [0.2, 0.25) is 0 Å². The molecule has 0 aliphatic rings. The maximum atomic E-state index is 12.8. The number of ether oxygens (including phenoxy) is 1. The summed E-state index contributed by atoms with van der Waals surface area (Å²) in [5.74, 6) is 0.154. The predicted molar refractivity (Wildman–Crippen MR) is 58.6 cm³/mol. The molecule has 0 aromatic heterocycles. The van der Waals surface area contributed by atoms with Gasteiger partial charge in [0.25, 0.3) is 0 Å².